The zero-order chi connectivity index (χ0) is 17.4. The highest BCUT2D eigenvalue weighted by atomic mass is 35.5. The molecule has 2 heterocycles. The van der Waals surface area contributed by atoms with E-state index in [0.717, 1.165) is 10.9 Å². The smallest absolute Gasteiger partial charge is 0.229 e. The summed E-state index contributed by atoms with van der Waals surface area (Å²) in [6.45, 7) is 0.346. The molecule has 1 aromatic heterocycles. The Labute approximate surface area is 148 Å². The van der Waals surface area contributed by atoms with Gasteiger partial charge < -0.3 is 10.2 Å². The zero-order valence-corrected chi connectivity index (χ0v) is 14.0. The summed E-state index contributed by atoms with van der Waals surface area (Å²) in [5, 5.41) is 11.2. The monoisotopic (exact) mass is 354 g/mol. The van der Waals surface area contributed by atoms with Crippen molar-refractivity contribution in [3.8, 4) is 0 Å². The van der Waals surface area contributed by atoms with Crippen molar-refractivity contribution in [1.29, 1.82) is 0 Å². The van der Waals surface area contributed by atoms with Crippen molar-refractivity contribution < 1.29 is 9.59 Å². The SMILES string of the molecule is O=C(Nc1ccc2[nH]ncc2c1)[C@@H]1CC(=O)N(c2cccc(Cl)c2)C1. The number of aromatic amines is 1. The van der Waals surface area contributed by atoms with Crippen LogP contribution < -0.4 is 10.2 Å². The van der Waals surface area contributed by atoms with Crippen LogP contribution in [0, 0.1) is 5.92 Å². The summed E-state index contributed by atoms with van der Waals surface area (Å²) in [5.74, 6) is -0.639. The summed E-state index contributed by atoms with van der Waals surface area (Å²) in [7, 11) is 0. The predicted octanol–water partition coefficient (Wildman–Crippen LogP) is 3.21. The highest BCUT2D eigenvalue weighted by Gasteiger charge is 2.35. The van der Waals surface area contributed by atoms with E-state index in [1.807, 2.05) is 24.3 Å². The van der Waals surface area contributed by atoms with Crippen molar-refractivity contribution in [3.05, 3.63) is 53.7 Å². The van der Waals surface area contributed by atoms with Gasteiger partial charge in [0.15, 0.2) is 0 Å². The van der Waals surface area contributed by atoms with Gasteiger partial charge in [-0.2, -0.15) is 5.10 Å². The normalized spacial score (nSPS) is 17.2. The van der Waals surface area contributed by atoms with E-state index >= 15 is 0 Å². The number of nitrogens with zero attached hydrogens (tertiary/aromatic N) is 2. The number of aromatic nitrogens is 2. The quantitative estimate of drug-likeness (QED) is 0.758. The summed E-state index contributed by atoms with van der Waals surface area (Å²) in [5.41, 5.74) is 2.31. The first-order chi connectivity index (χ1) is 12.1. The molecule has 126 valence electrons. The molecule has 4 rings (SSSR count). The van der Waals surface area contributed by atoms with Crippen LogP contribution in [0.2, 0.25) is 5.02 Å². The lowest BCUT2D eigenvalue weighted by atomic mass is 10.1. The Kier molecular flexibility index (Phi) is 3.89. The molecule has 6 nitrogen and oxygen atoms in total. The molecule has 3 aromatic rings. The van der Waals surface area contributed by atoms with Gasteiger partial charge in [0.05, 0.1) is 17.6 Å². The van der Waals surface area contributed by atoms with Crippen LogP contribution in [0.25, 0.3) is 10.9 Å². The minimum absolute atomic E-state index is 0.0762. The van der Waals surface area contributed by atoms with Crippen LogP contribution >= 0.6 is 11.6 Å². The first-order valence-electron chi connectivity index (χ1n) is 7.90. The minimum Gasteiger partial charge on any atom is -0.326 e. The van der Waals surface area contributed by atoms with Gasteiger partial charge in [-0.3, -0.25) is 14.7 Å². The molecule has 1 atom stereocenters. The van der Waals surface area contributed by atoms with Crippen LogP contribution in [0.5, 0.6) is 0 Å². The van der Waals surface area contributed by atoms with Crippen molar-refractivity contribution >= 4 is 45.7 Å². The maximum atomic E-state index is 12.5. The lowest BCUT2D eigenvalue weighted by Crippen LogP contribution is -2.28. The maximum Gasteiger partial charge on any atom is 0.229 e. The number of amides is 2. The Morgan fingerprint density at radius 3 is 3.00 bits per heavy atom. The average molecular weight is 355 g/mol. The van der Waals surface area contributed by atoms with Gasteiger partial charge in [0.2, 0.25) is 11.8 Å². The molecule has 1 saturated heterocycles. The number of halogens is 1. The molecule has 1 aliphatic heterocycles. The number of anilines is 2. The molecule has 1 fully saturated rings. The molecule has 1 aliphatic rings. The Morgan fingerprint density at radius 2 is 2.16 bits per heavy atom. The van der Waals surface area contributed by atoms with Crippen LogP contribution in [0.3, 0.4) is 0 Å². The highest BCUT2D eigenvalue weighted by Crippen LogP contribution is 2.28. The van der Waals surface area contributed by atoms with Gasteiger partial charge in [0, 0.05) is 34.7 Å². The standard InChI is InChI=1S/C18H15ClN4O2/c19-13-2-1-3-15(8-13)23-10-12(7-17(23)24)18(25)21-14-4-5-16-11(6-14)9-20-22-16/h1-6,8-9,12H,7,10H2,(H,20,22)(H,21,25)/t12-/m1/s1. The summed E-state index contributed by atoms with van der Waals surface area (Å²) >= 11 is 5.99. The molecular weight excluding hydrogens is 340 g/mol. The second-order valence-corrected chi connectivity index (χ2v) is 6.48. The molecular formula is C18H15ClN4O2. The van der Waals surface area contributed by atoms with Gasteiger partial charge in [-0.1, -0.05) is 17.7 Å². The van der Waals surface area contributed by atoms with Gasteiger partial charge in [-0.15, -0.1) is 0 Å². The van der Waals surface area contributed by atoms with Crippen molar-refractivity contribution in [2.75, 3.05) is 16.8 Å². The second-order valence-electron chi connectivity index (χ2n) is 6.05. The highest BCUT2D eigenvalue weighted by molar-refractivity contribution is 6.31. The fraction of sp³-hybridized carbons (Fsp3) is 0.167. The topological polar surface area (TPSA) is 78.1 Å². The van der Waals surface area contributed by atoms with E-state index in [-0.39, 0.29) is 18.2 Å². The van der Waals surface area contributed by atoms with Crippen LogP contribution in [0.1, 0.15) is 6.42 Å². The first kappa shape index (κ1) is 15.7. The van der Waals surface area contributed by atoms with Crippen molar-refractivity contribution in [1.82, 2.24) is 10.2 Å². The minimum atomic E-state index is -0.397. The summed E-state index contributed by atoms with van der Waals surface area (Å²) in [6.07, 6.45) is 1.89. The third-order valence-corrected chi connectivity index (χ3v) is 4.56. The van der Waals surface area contributed by atoms with Gasteiger partial charge >= 0.3 is 0 Å². The molecule has 2 amide bonds. The van der Waals surface area contributed by atoms with Crippen LogP contribution in [-0.2, 0) is 9.59 Å². The largest absolute Gasteiger partial charge is 0.326 e. The third kappa shape index (κ3) is 3.08. The Bertz CT molecular complexity index is 968. The fourth-order valence-electron chi connectivity index (χ4n) is 3.04. The lowest BCUT2D eigenvalue weighted by molar-refractivity contribution is -0.122. The van der Waals surface area contributed by atoms with Crippen molar-refractivity contribution in [2.45, 2.75) is 6.42 Å². The molecule has 0 spiro atoms. The van der Waals surface area contributed by atoms with Crippen LogP contribution in [-0.4, -0.2) is 28.6 Å². The maximum absolute atomic E-state index is 12.5. The van der Waals surface area contributed by atoms with Crippen molar-refractivity contribution in [3.63, 3.8) is 0 Å². The number of carbonyl (C=O) groups is 2. The number of benzene rings is 2. The van der Waals surface area contributed by atoms with E-state index in [9.17, 15) is 9.59 Å². The molecule has 0 aliphatic carbocycles. The molecule has 0 unspecified atom stereocenters. The first-order valence-corrected chi connectivity index (χ1v) is 8.28. The number of hydrogen-bond acceptors (Lipinski definition) is 3. The van der Waals surface area contributed by atoms with E-state index in [1.165, 1.54) is 0 Å². The summed E-state index contributed by atoms with van der Waals surface area (Å²) in [6, 6.07) is 12.6. The number of hydrogen-bond donors (Lipinski definition) is 2. The van der Waals surface area contributed by atoms with Gasteiger partial charge in [-0.25, -0.2) is 0 Å². The Morgan fingerprint density at radius 1 is 1.28 bits per heavy atom. The Balaban J connectivity index is 1.48. The molecule has 25 heavy (non-hydrogen) atoms. The fourth-order valence-corrected chi connectivity index (χ4v) is 3.23. The van der Waals surface area contributed by atoms with E-state index in [4.69, 9.17) is 11.6 Å². The predicted molar refractivity (Wildman–Crippen MR) is 96.6 cm³/mol. The molecule has 0 bridgehead atoms. The number of nitrogens with one attached hydrogen (secondary N) is 2. The second kappa shape index (κ2) is 6.22. The number of rotatable bonds is 3. The van der Waals surface area contributed by atoms with E-state index in [0.29, 0.717) is 22.9 Å². The molecule has 7 heteroatoms. The van der Waals surface area contributed by atoms with Crippen LogP contribution in [0.15, 0.2) is 48.7 Å². The van der Waals surface area contributed by atoms with E-state index in [1.54, 1.807) is 29.3 Å². The summed E-state index contributed by atoms with van der Waals surface area (Å²) < 4.78 is 0. The van der Waals surface area contributed by atoms with Gasteiger partial charge in [-0.05, 0) is 36.4 Å². The number of H-pyrrole nitrogens is 1. The molecule has 0 radical (unpaired) electrons. The number of fused-ring (bicyclic) bond motifs is 1. The Hall–Kier alpha value is -2.86. The van der Waals surface area contributed by atoms with E-state index in [2.05, 4.69) is 15.5 Å². The van der Waals surface area contributed by atoms with Crippen LogP contribution in [0.4, 0.5) is 11.4 Å². The third-order valence-electron chi connectivity index (χ3n) is 4.32. The average Bonchev–Trinajstić information content (AvgIpc) is 3.20. The van der Waals surface area contributed by atoms with Gasteiger partial charge in [0.1, 0.15) is 0 Å². The van der Waals surface area contributed by atoms with Gasteiger partial charge in [0.25, 0.3) is 0 Å². The zero-order valence-electron chi connectivity index (χ0n) is 13.2. The molecule has 2 aromatic carbocycles. The van der Waals surface area contributed by atoms with Crippen molar-refractivity contribution in [2.24, 2.45) is 5.92 Å². The molecule has 2 N–H and O–H groups in total. The number of carbonyl (C=O) groups excluding carboxylic acids is 2. The summed E-state index contributed by atoms with van der Waals surface area (Å²) in [4.78, 5) is 26.4. The molecule has 0 saturated carbocycles. The lowest BCUT2D eigenvalue weighted by Gasteiger charge is -2.17. The van der Waals surface area contributed by atoms with E-state index < -0.39 is 5.92 Å².